The fourth-order valence-corrected chi connectivity index (χ4v) is 5.08. The van der Waals surface area contributed by atoms with Crippen LogP contribution >= 0.6 is 0 Å². The van der Waals surface area contributed by atoms with E-state index in [-0.39, 0.29) is 11.5 Å². The monoisotopic (exact) mass is 363 g/mol. The minimum Gasteiger partial charge on any atom is -0.390 e. The van der Waals surface area contributed by atoms with Gasteiger partial charge in [-0.2, -0.15) is 5.10 Å². The summed E-state index contributed by atoms with van der Waals surface area (Å²) in [5, 5.41) is 15.7. The highest BCUT2D eigenvalue weighted by Gasteiger charge is 2.52. The van der Waals surface area contributed by atoms with Gasteiger partial charge < -0.3 is 9.67 Å². The number of aliphatic hydroxyl groups is 1. The quantitative estimate of drug-likeness (QED) is 0.774. The number of aliphatic hydroxyl groups excluding tert-OH is 1. The van der Waals surface area contributed by atoms with E-state index in [9.17, 15) is 5.11 Å². The number of fused-ring (bicyclic) bond motifs is 2. The lowest BCUT2D eigenvalue weighted by atomic mass is 9.72. The van der Waals surface area contributed by atoms with Crippen molar-refractivity contribution < 1.29 is 5.11 Å². The summed E-state index contributed by atoms with van der Waals surface area (Å²) in [6.45, 7) is 2.89. The predicted octanol–water partition coefficient (Wildman–Crippen LogP) is 2.11. The zero-order valence-electron chi connectivity index (χ0n) is 15.6. The molecular weight excluding hydrogens is 338 g/mol. The van der Waals surface area contributed by atoms with Gasteiger partial charge in [0.2, 0.25) is 0 Å². The number of aryl methyl sites for hydroxylation is 1. The van der Waals surface area contributed by atoms with E-state index in [0.29, 0.717) is 0 Å². The van der Waals surface area contributed by atoms with E-state index in [4.69, 9.17) is 0 Å². The van der Waals surface area contributed by atoms with E-state index in [1.165, 1.54) is 16.7 Å². The summed E-state index contributed by atoms with van der Waals surface area (Å²) < 4.78 is 3.91. The highest BCUT2D eigenvalue weighted by Crippen LogP contribution is 2.52. The second kappa shape index (κ2) is 6.32. The normalized spacial score (nSPS) is 24.4. The van der Waals surface area contributed by atoms with Gasteiger partial charge in [-0.05, 0) is 37.1 Å². The average Bonchev–Trinajstić information content (AvgIpc) is 3.39. The Morgan fingerprint density at radius 1 is 1.22 bits per heavy atom. The van der Waals surface area contributed by atoms with Crippen LogP contribution in [0.25, 0.3) is 0 Å². The van der Waals surface area contributed by atoms with Crippen LogP contribution in [0.3, 0.4) is 0 Å². The topological polar surface area (TPSA) is 59.1 Å². The molecule has 1 saturated heterocycles. The molecule has 27 heavy (non-hydrogen) atoms. The first kappa shape index (κ1) is 16.7. The van der Waals surface area contributed by atoms with Crippen molar-refractivity contribution >= 4 is 0 Å². The molecule has 0 radical (unpaired) electrons. The summed E-state index contributed by atoms with van der Waals surface area (Å²) in [6, 6.07) is 8.51. The molecule has 5 rings (SSSR count). The fourth-order valence-electron chi connectivity index (χ4n) is 5.08. The maximum Gasteiger partial charge on any atom is 0.0952 e. The van der Waals surface area contributed by atoms with Crippen LogP contribution < -0.4 is 0 Å². The van der Waals surface area contributed by atoms with Gasteiger partial charge in [0.05, 0.1) is 24.7 Å². The molecule has 2 aromatic heterocycles. The van der Waals surface area contributed by atoms with Gasteiger partial charge in [-0.15, -0.1) is 0 Å². The molecule has 0 saturated carbocycles. The number of hydrogen-bond acceptors (Lipinski definition) is 4. The molecule has 3 aromatic rings. The zero-order chi connectivity index (χ0) is 18.4. The number of piperidine rings is 1. The summed E-state index contributed by atoms with van der Waals surface area (Å²) in [5.74, 6) is 0. The highest BCUT2D eigenvalue weighted by atomic mass is 16.3. The predicted molar refractivity (Wildman–Crippen MR) is 102 cm³/mol. The summed E-state index contributed by atoms with van der Waals surface area (Å²) in [4.78, 5) is 6.68. The summed E-state index contributed by atoms with van der Waals surface area (Å²) in [7, 11) is 1.96. The van der Waals surface area contributed by atoms with Crippen molar-refractivity contribution in [1.82, 2.24) is 24.2 Å². The molecule has 1 aliphatic carbocycles. The number of nitrogens with zero attached hydrogens (tertiary/aromatic N) is 5. The van der Waals surface area contributed by atoms with E-state index < -0.39 is 6.10 Å². The lowest BCUT2D eigenvalue weighted by Gasteiger charge is -2.42. The van der Waals surface area contributed by atoms with Gasteiger partial charge in [-0.25, -0.2) is 4.98 Å². The molecule has 1 aromatic carbocycles. The van der Waals surface area contributed by atoms with Crippen molar-refractivity contribution in [1.29, 1.82) is 0 Å². The highest BCUT2D eigenvalue weighted by molar-refractivity contribution is 5.46. The zero-order valence-corrected chi connectivity index (χ0v) is 15.6. The van der Waals surface area contributed by atoms with Crippen LogP contribution in [0.4, 0.5) is 0 Å². The van der Waals surface area contributed by atoms with E-state index in [0.717, 1.165) is 32.5 Å². The van der Waals surface area contributed by atoms with Crippen LogP contribution in [0, 0.1) is 0 Å². The SMILES string of the molecule is Cn1cc(CN2CCC3(CC2)c2ccccc2[C@@H](n2ccnc2)[C@@H]3O)cn1. The summed E-state index contributed by atoms with van der Waals surface area (Å²) in [5.41, 5.74) is 3.63. The third-order valence-corrected chi connectivity index (χ3v) is 6.44. The second-order valence-corrected chi connectivity index (χ2v) is 7.94. The molecule has 0 bridgehead atoms. The van der Waals surface area contributed by atoms with Gasteiger partial charge in [0.15, 0.2) is 0 Å². The molecule has 2 atom stereocenters. The largest absolute Gasteiger partial charge is 0.390 e. The number of benzene rings is 1. The van der Waals surface area contributed by atoms with Gasteiger partial charge in [0.25, 0.3) is 0 Å². The standard InChI is InChI=1S/C21H25N5O/c1-24-13-16(12-23-24)14-25-9-6-21(7-10-25)18-5-3-2-4-17(18)19(20(21)27)26-11-8-22-15-26/h2-5,8,11-13,15,19-20,27H,6-7,9-10,14H2,1H3/t19-,20+/m1/s1. The number of hydrogen-bond donors (Lipinski definition) is 1. The van der Waals surface area contributed by atoms with Gasteiger partial charge in [-0.1, -0.05) is 24.3 Å². The Kier molecular flexibility index (Phi) is 3.91. The number of likely N-dealkylation sites (tertiary alicyclic amines) is 1. The smallest absolute Gasteiger partial charge is 0.0952 e. The van der Waals surface area contributed by atoms with Crippen molar-refractivity contribution in [2.75, 3.05) is 13.1 Å². The van der Waals surface area contributed by atoms with Gasteiger partial charge in [-0.3, -0.25) is 9.58 Å². The van der Waals surface area contributed by atoms with Crippen LogP contribution in [-0.2, 0) is 19.0 Å². The lowest BCUT2D eigenvalue weighted by molar-refractivity contribution is 0.0205. The van der Waals surface area contributed by atoms with Crippen molar-refractivity contribution in [2.45, 2.75) is 36.9 Å². The van der Waals surface area contributed by atoms with Crippen molar-refractivity contribution in [3.05, 3.63) is 72.1 Å². The van der Waals surface area contributed by atoms with Crippen LogP contribution in [-0.4, -0.2) is 48.5 Å². The molecule has 0 amide bonds. The Hall–Kier alpha value is -2.44. The Balaban J connectivity index is 1.41. The summed E-state index contributed by atoms with van der Waals surface area (Å²) >= 11 is 0. The van der Waals surface area contributed by atoms with Gasteiger partial charge in [0, 0.05) is 43.2 Å². The Morgan fingerprint density at radius 2 is 2.04 bits per heavy atom. The number of imidazole rings is 1. The lowest BCUT2D eigenvalue weighted by Crippen LogP contribution is -2.48. The summed E-state index contributed by atoms with van der Waals surface area (Å²) in [6.07, 6.45) is 11.1. The molecule has 1 aliphatic heterocycles. The minimum atomic E-state index is -0.426. The number of aromatic nitrogens is 4. The maximum atomic E-state index is 11.5. The first-order valence-electron chi connectivity index (χ1n) is 9.62. The first-order valence-corrected chi connectivity index (χ1v) is 9.62. The fraction of sp³-hybridized carbons (Fsp3) is 0.429. The van der Waals surface area contributed by atoms with Crippen molar-refractivity contribution in [2.24, 2.45) is 7.05 Å². The molecule has 140 valence electrons. The molecule has 0 unspecified atom stereocenters. The second-order valence-electron chi connectivity index (χ2n) is 7.94. The first-order chi connectivity index (χ1) is 13.2. The van der Waals surface area contributed by atoms with Crippen LogP contribution in [0.1, 0.15) is 35.6 Å². The Labute approximate surface area is 159 Å². The third-order valence-electron chi connectivity index (χ3n) is 6.44. The van der Waals surface area contributed by atoms with E-state index in [1.54, 1.807) is 6.20 Å². The molecule has 3 heterocycles. The van der Waals surface area contributed by atoms with Crippen LogP contribution in [0.5, 0.6) is 0 Å². The molecule has 6 nitrogen and oxygen atoms in total. The third kappa shape index (κ3) is 2.63. The molecule has 1 fully saturated rings. The van der Waals surface area contributed by atoms with Crippen LogP contribution in [0.15, 0.2) is 55.4 Å². The number of rotatable bonds is 3. The Morgan fingerprint density at radius 3 is 2.74 bits per heavy atom. The van der Waals surface area contributed by atoms with Crippen LogP contribution in [0.2, 0.25) is 0 Å². The molecular formula is C21H25N5O. The Bertz CT molecular complexity index is 924. The minimum absolute atomic E-state index is 0.0476. The van der Waals surface area contributed by atoms with Gasteiger partial charge >= 0.3 is 0 Å². The van der Waals surface area contributed by atoms with Crippen molar-refractivity contribution in [3.8, 4) is 0 Å². The average molecular weight is 363 g/mol. The molecule has 1 N–H and O–H groups in total. The van der Waals surface area contributed by atoms with Crippen molar-refractivity contribution in [3.63, 3.8) is 0 Å². The maximum absolute atomic E-state index is 11.5. The van der Waals surface area contributed by atoms with E-state index in [1.807, 2.05) is 30.5 Å². The molecule has 6 heteroatoms. The van der Waals surface area contributed by atoms with E-state index in [2.05, 4.69) is 50.0 Å². The molecule has 1 spiro atoms. The van der Waals surface area contributed by atoms with Gasteiger partial charge in [0.1, 0.15) is 0 Å². The van der Waals surface area contributed by atoms with E-state index >= 15 is 0 Å². The molecule has 2 aliphatic rings.